The maximum atomic E-state index is 6.06. The Morgan fingerprint density at radius 2 is 1.34 bits per heavy atom. The van der Waals surface area contributed by atoms with Gasteiger partial charge in [0.15, 0.2) is 0 Å². The van der Waals surface area contributed by atoms with Gasteiger partial charge in [-0.15, -0.1) is 0 Å². The third kappa shape index (κ3) is 6.63. The Labute approximate surface area is 204 Å². The van der Waals surface area contributed by atoms with E-state index in [2.05, 4.69) is 69.4 Å². The van der Waals surface area contributed by atoms with Gasteiger partial charge in [0, 0.05) is 0 Å². The van der Waals surface area contributed by atoms with Gasteiger partial charge in [0.05, 0.1) is 0 Å². The van der Waals surface area contributed by atoms with E-state index in [1.165, 1.54) is 67.8 Å². The molecular formula is C29H40OSSn. The molecule has 0 unspecified atom stereocenters. The molecule has 3 aromatic rings. The SMILES string of the molecule is CCC[CH2][Sn]([CH2]CCC)([CH2]CCC)[c]1ccc(-c2ccc(Oc3ccccc3)cc2C)s1. The molecule has 0 amide bonds. The van der Waals surface area contributed by atoms with Crippen LogP contribution in [-0.4, -0.2) is 18.4 Å². The van der Waals surface area contributed by atoms with Crippen molar-refractivity contribution in [2.45, 2.75) is 79.5 Å². The van der Waals surface area contributed by atoms with Gasteiger partial charge in [-0.1, -0.05) is 0 Å². The average molecular weight is 555 g/mol. The first-order valence-corrected chi connectivity index (χ1v) is 20.9. The van der Waals surface area contributed by atoms with Crippen molar-refractivity contribution in [2.75, 3.05) is 0 Å². The Balaban J connectivity index is 1.87. The second-order valence-corrected chi connectivity index (χ2v) is 24.4. The molecule has 0 aliphatic carbocycles. The first kappa shape index (κ1) is 25.4. The van der Waals surface area contributed by atoms with E-state index in [4.69, 9.17) is 4.74 Å². The molecule has 2 aromatic carbocycles. The summed E-state index contributed by atoms with van der Waals surface area (Å²) in [5, 5.41) is 0. The van der Waals surface area contributed by atoms with Gasteiger partial charge in [0.1, 0.15) is 0 Å². The quantitative estimate of drug-likeness (QED) is 0.191. The van der Waals surface area contributed by atoms with Crippen LogP contribution in [-0.2, 0) is 0 Å². The van der Waals surface area contributed by atoms with E-state index < -0.39 is 18.4 Å². The summed E-state index contributed by atoms with van der Waals surface area (Å²) in [4.78, 5) is 1.44. The van der Waals surface area contributed by atoms with Crippen LogP contribution in [0.25, 0.3) is 10.4 Å². The molecule has 0 radical (unpaired) electrons. The van der Waals surface area contributed by atoms with Crippen molar-refractivity contribution in [3.05, 3.63) is 66.2 Å². The summed E-state index contributed by atoms with van der Waals surface area (Å²) < 4.78 is 12.5. The van der Waals surface area contributed by atoms with Crippen LogP contribution < -0.4 is 7.63 Å². The van der Waals surface area contributed by atoms with Crippen LogP contribution >= 0.6 is 11.3 Å². The molecule has 0 saturated carbocycles. The molecule has 0 spiro atoms. The van der Waals surface area contributed by atoms with E-state index in [-0.39, 0.29) is 0 Å². The molecule has 1 aromatic heterocycles. The number of unbranched alkanes of at least 4 members (excludes halogenated alkanes) is 3. The van der Waals surface area contributed by atoms with E-state index in [0.717, 1.165) is 11.5 Å². The van der Waals surface area contributed by atoms with Crippen molar-refractivity contribution < 1.29 is 4.74 Å². The maximum absolute atomic E-state index is 6.06. The van der Waals surface area contributed by atoms with Crippen LogP contribution in [0.2, 0.25) is 13.3 Å². The summed E-state index contributed by atoms with van der Waals surface area (Å²) in [6, 6.07) is 21.6. The molecule has 32 heavy (non-hydrogen) atoms. The predicted octanol–water partition coefficient (Wildman–Crippen LogP) is 9.57. The molecular weight excluding hydrogens is 515 g/mol. The van der Waals surface area contributed by atoms with E-state index in [9.17, 15) is 0 Å². The Bertz CT molecular complexity index is 925. The molecule has 172 valence electrons. The predicted molar refractivity (Wildman–Crippen MR) is 146 cm³/mol. The first-order chi connectivity index (χ1) is 15.6. The Morgan fingerprint density at radius 3 is 1.91 bits per heavy atom. The topological polar surface area (TPSA) is 9.23 Å². The molecule has 0 bridgehead atoms. The number of hydrogen-bond acceptors (Lipinski definition) is 2. The van der Waals surface area contributed by atoms with Crippen LogP contribution in [0.1, 0.15) is 64.9 Å². The first-order valence-electron chi connectivity index (χ1n) is 12.6. The molecule has 0 aliphatic rings. The second-order valence-electron chi connectivity index (χ2n) is 9.15. The summed E-state index contributed by atoms with van der Waals surface area (Å²) in [5.41, 5.74) is 2.66. The van der Waals surface area contributed by atoms with Gasteiger partial charge in [0.2, 0.25) is 0 Å². The van der Waals surface area contributed by atoms with Crippen LogP contribution in [0.3, 0.4) is 0 Å². The van der Waals surface area contributed by atoms with E-state index in [1.54, 1.807) is 0 Å². The van der Waals surface area contributed by atoms with E-state index >= 15 is 0 Å². The molecule has 0 fully saturated rings. The van der Waals surface area contributed by atoms with Gasteiger partial charge in [-0.05, 0) is 0 Å². The summed E-state index contributed by atoms with van der Waals surface area (Å²) in [6.45, 7) is 9.30. The molecule has 0 saturated heterocycles. The normalized spacial score (nSPS) is 11.6. The number of thiophene rings is 1. The molecule has 0 atom stereocenters. The van der Waals surface area contributed by atoms with Gasteiger partial charge in [-0.25, -0.2) is 0 Å². The third-order valence-electron chi connectivity index (χ3n) is 6.60. The van der Waals surface area contributed by atoms with Crippen molar-refractivity contribution in [1.29, 1.82) is 0 Å². The van der Waals surface area contributed by atoms with Crippen LogP contribution in [0, 0.1) is 6.92 Å². The number of para-hydroxylation sites is 1. The zero-order valence-electron chi connectivity index (χ0n) is 20.5. The molecule has 1 heterocycles. The minimum atomic E-state index is -2.35. The summed E-state index contributed by atoms with van der Waals surface area (Å²) in [5.74, 6) is 1.80. The Morgan fingerprint density at radius 1 is 0.719 bits per heavy atom. The van der Waals surface area contributed by atoms with Crippen molar-refractivity contribution in [3.8, 4) is 21.9 Å². The van der Waals surface area contributed by atoms with Crippen molar-refractivity contribution >= 4 is 32.6 Å². The molecule has 0 aliphatic heterocycles. The fourth-order valence-electron chi connectivity index (χ4n) is 4.66. The summed E-state index contributed by atoms with van der Waals surface area (Å²) >= 11 is -0.227. The van der Waals surface area contributed by atoms with Crippen LogP contribution in [0.15, 0.2) is 60.7 Å². The molecule has 0 N–H and O–H groups in total. The zero-order valence-corrected chi connectivity index (χ0v) is 24.1. The minimum absolute atomic E-state index is 0.889. The van der Waals surface area contributed by atoms with Gasteiger partial charge in [0.25, 0.3) is 0 Å². The number of ether oxygens (including phenoxy) is 1. The van der Waals surface area contributed by atoms with E-state index in [0.29, 0.717) is 0 Å². The number of aryl methyl sites for hydroxylation is 1. The number of rotatable bonds is 13. The van der Waals surface area contributed by atoms with Crippen molar-refractivity contribution in [3.63, 3.8) is 0 Å². The molecule has 3 rings (SSSR count). The van der Waals surface area contributed by atoms with Gasteiger partial charge >= 0.3 is 205 Å². The number of benzene rings is 2. The average Bonchev–Trinajstić information content (AvgIpc) is 3.30. The molecule has 3 heteroatoms. The Kier molecular flexibility index (Phi) is 10.2. The fourth-order valence-corrected chi connectivity index (χ4v) is 24.9. The fraction of sp³-hybridized carbons (Fsp3) is 0.448. The van der Waals surface area contributed by atoms with Gasteiger partial charge < -0.3 is 0 Å². The second kappa shape index (κ2) is 12.8. The van der Waals surface area contributed by atoms with Crippen molar-refractivity contribution in [1.82, 2.24) is 0 Å². The monoisotopic (exact) mass is 556 g/mol. The molecule has 1 nitrogen and oxygen atoms in total. The van der Waals surface area contributed by atoms with Gasteiger partial charge in [-0.3, -0.25) is 0 Å². The Hall–Kier alpha value is -1.26. The van der Waals surface area contributed by atoms with Crippen molar-refractivity contribution in [2.24, 2.45) is 0 Å². The standard InChI is InChI=1S/C17H13OS.3C4H9.Sn/c1-13-12-15(18-14-6-3-2-4-7-14)9-10-16(13)17-8-5-11-19-17;3*1-3-4-2;/h2-10,12H,1H3;3*1,3-4H2,2H3;. The van der Waals surface area contributed by atoms with E-state index in [1.807, 2.05) is 33.2 Å². The van der Waals surface area contributed by atoms with Gasteiger partial charge in [-0.2, -0.15) is 0 Å². The van der Waals surface area contributed by atoms with Crippen LogP contribution in [0.5, 0.6) is 11.5 Å². The summed E-state index contributed by atoms with van der Waals surface area (Å²) in [7, 11) is 0. The summed E-state index contributed by atoms with van der Waals surface area (Å²) in [6.07, 6.45) is 8.25. The third-order valence-corrected chi connectivity index (χ3v) is 26.0. The zero-order chi connectivity index (χ0) is 22.8. The number of hydrogen-bond donors (Lipinski definition) is 0. The van der Waals surface area contributed by atoms with Crippen LogP contribution in [0.4, 0.5) is 0 Å².